The molecule has 7 heteroatoms. The first-order chi connectivity index (χ1) is 20.0. The Balaban J connectivity index is 1.48. The van der Waals surface area contributed by atoms with E-state index in [2.05, 4.69) is 10.6 Å². The predicted molar refractivity (Wildman–Crippen MR) is 158 cm³/mol. The molecule has 1 aliphatic rings. The molecule has 3 aromatic carbocycles. The summed E-state index contributed by atoms with van der Waals surface area (Å²) >= 11 is 0. The number of benzene rings is 3. The summed E-state index contributed by atoms with van der Waals surface area (Å²) < 4.78 is 5.99. The van der Waals surface area contributed by atoms with Gasteiger partial charge in [0, 0.05) is 6.42 Å². The zero-order valence-corrected chi connectivity index (χ0v) is 23.2. The van der Waals surface area contributed by atoms with Crippen LogP contribution >= 0.6 is 0 Å². The largest absolute Gasteiger partial charge is 0.455 e. The Kier molecular flexibility index (Phi) is 11.3. The van der Waals surface area contributed by atoms with Crippen molar-refractivity contribution in [3.05, 3.63) is 120 Å². The van der Waals surface area contributed by atoms with E-state index in [1.54, 1.807) is 0 Å². The maximum Gasteiger partial charge on any atom is 0.310 e. The van der Waals surface area contributed by atoms with Gasteiger partial charge in [-0.3, -0.25) is 14.4 Å². The van der Waals surface area contributed by atoms with Crippen molar-refractivity contribution in [1.82, 2.24) is 10.6 Å². The van der Waals surface area contributed by atoms with E-state index in [0.29, 0.717) is 25.7 Å². The number of ether oxygens (including phenoxy) is 1. The number of carbonyl (C=O) groups excluding carboxylic acids is 3. The van der Waals surface area contributed by atoms with Gasteiger partial charge in [0.2, 0.25) is 11.8 Å². The number of hydrogen-bond acceptors (Lipinski definition) is 5. The second-order valence-electron chi connectivity index (χ2n) is 10.4. The lowest BCUT2D eigenvalue weighted by Crippen LogP contribution is -2.42. The number of nitrogens with one attached hydrogen (secondary N) is 2. The first kappa shape index (κ1) is 29.7. The van der Waals surface area contributed by atoms with E-state index < -0.39 is 18.1 Å². The van der Waals surface area contributed by atoms with Crippen LogP contribution in [-0.2, 0) is 32.0 Å². The van der Waals surface area contributed by atoms with E-state index in [0.717, 1.165) is 16.7 Å². The van der Waals surface area contributed by atoms with Crippen LogP contribution in [0.2, 0.25) is 0 Å². The van der Waals surface area contributed by atoms with E-state index in [-0.39, 0.29) is 43.3 Å². The van der Waals surface area contributed by atoms with Crippen LogP contribution in [0.3, 0.4) is 0 Å². The van der Waals surface area contributed by atoms with Gasteiger partial charge in [-0.25, -0.2) is 0 Å². The van der Waals surface area contributed by atoms with Gasteiger partial charge in [0.25, 0.3) is 0 Å². The van der Waals surface area contributed by atoms with E-state index in [1.807, 2.05) is 103 Å². The lowest BCUT2D eigenvalue weighted by molar-refractivity contribution is -0.154. The number of allylic oxidation sites excluding steroid dienone is 2. The quantitative estimate of drug-likeness (QED) is 0.270. The van der Waals surface area contributed by atoms with Crippen molar-refractivity contribution < 1.29 is 24.2 Å². The van der Waals surface area contributed by atoms with Gasteiger partial charge in [0.15, 0.2) is 0 Å². The lowest BCUT2D eigenvalue weighted by atomic mass is 9.94. The Labute approximate surface area is 241 Å². The number of esters is 1. The molecule has 0 aliphatic carbocycles. The predicted octanol–water partition coefficient (Wildman–Crippen LogP) is 4.32. The first-order valence-corrected chi connectivity index (χ1v) is 14.2. The second kappa shape index (κ2) is 15.5. The third kappa shape index (κ3) is 9.43. The van der Waals surface area contributed by atoms with Crippen LogP contribution in [0.4, 0.5) is 0 Å². The monoisotopic (exact) mass is 554 g/mol. The molecule has 2 amide bonds. The second-order valence-corrected chi connectivity index (χ2v) is 10.4. The van der Waals surface area contributed by atoms with Crippen molar-refractivity contribution in [1.29, 1.82) is 0 Å². The fourth-order valence-corrected chi connectivity index (χ4v) is 5.01. The number of amides is 2. The number of aliphatic hydroxyl groups excluding tert-OH is 1. The minimum absolute atomic E-state index is 0.0231. The highest BCUT2D eigenvalue weighted by atomic mass is 16.5. The fraction of sp³-hybridized carbons (Fsp3) is 0.324. The minimum Gasteiger partial charge on any atom is -0.455 e. The van der Waals surface area contributed by atoms with Gasteiger partial charge in [-0.2, -0.15) is 0 Å². The summed E-state index contributed by atoms with van der Waals surface area (Å²) in [6.07, 6.45) is 4.92. The summed E-state index contributed by atoms with van der Waals surface area (Å²) in [7, 11) is 0. The molecule has 0 saturated heterocycles. The lowest BCUT2D eigenvalue weighted by Gasteiger charge is -2.24. The number of cyclic esters (lactones) is 1. The van der Waals surface area contributed by atoms with Gasteiger partial charge in [-0.15, -0.1) is 0 Å². The average molecular weight is 555 g/mol. The van der Waals surface area contributed by atoms with Crippen LogP contribution in [0.1, 0.15) is 42.1 Å². The zero-order chi connectivity index (χ0) is 28.9. The molecule has 41 heavy (non-hydrogen) atoms. The van der Waals surface area contributed by atoms with Gasteiger partial charge in [0.1, 0.15) is 6.10 Å². The van der Waals surface area contributed by atoms with Gasteiger partial charge in [-0.05, 0) is 42.4 Å². The van der Waals surface area contributed by atoms with Crippen LogP contribution in [0.25, 0.3) is 0 Å². The van der Waals surface area contributed by atoms with Gasteiger partial charge < -0.3 is 20.5 Å². The standard InChI is InChI=1S/C34H38N2O5/c37-24-30(21-26-14-6-2-7-15-26)36-32(38)22-28-18-10-11-19-29(20-25-12-4-1-5-13-25)34(40)41-31(23-35-33(28)39)27-16-8-3-9-17-27/h1-17,28-31,37H,18-24H2,(H,35,39)(H,36,38)/t28-,29+,30-,31-/m1/s1. The van der Waals surface area contributed by atoms with Crippen LogP contribution < -0.4 is 10.6 Å². The molecular weight excluding hydrogens is 516 g/mol. The molecule has 3 aromatic rings. The summed E-state index contributed by atoms with van der Waals surface area (Å²) in [5.74, 6) is -1.89. The Morgan fingerprint density at radius 2 is 1.44 bits per heavy atom. The van der Waals surface area contributed by atoms with Gasteiger partial charge in [-0.1, -0.05) is 103 Å². The number of aliphatic hydroxyl groups is 1. The van der Waals surface area contributed by atoms with E-state index >= 15 is 0 Å². The van der Waals surface area contributed by atoms with Crippen molar-refractivity contribution in [2.45, 2.75) is 44.2 Å². The molecule has 0 radical (unpaired) electrons. The maximum atomic E-state index is 13.3. The summed E-state index contributed by atoms with van der Waals surface area (Å²) in [5, 5.41) is 15.6. The molecule has 1 heterocycles. The third-order valence-electron chi connectivity index (χ3n) is 7.27. The van der Waals surface area contributed by atoms with Crippen LogP contribution in [0, 0.1) is 11.8 Å². The Hall–Kier alpha value is -4.23. The molecule has 7 nitrogen and oxygen atoms in total. The molecule has 4 rings (SSSR count). The molecule has 0 spiro atoms. The van der Waals surface area contributed by atoms with Crippen LogP contribution in [0.5, 0.6) is 0 Å². The fourth-order valence-electron chi connectivity index (χ4n) is 5.01. The number of rotatable bonds is 9. The summed E-state index contributed by atoms with van der Waals surface area (Å²) in [6, 6.07) is 28.4. The summed E-state index contributed by atoms with van der Waals surface area (Å²) in [6.45, 7) is -0.105. The molecule has 3 N–H and O–H groups in total. The molecule has 1 aliphatic heterocycles. The smallest absolute Gasteiger partial charge is 0.310 e. The summed E-state index contributed by atoms with van der Waals surface area (Å²) in [5.41, 5.74) is 2.83. The van der Waals surface area contributed by atoms with Gasteiger partial charge >= 0.3 is 5.97 Å². The number of carbonyl (C=O) groups is 3. The molecule has 0 bridgehead atoms. The molecule has 0 unspecified atom stereocenters. The Morgan fingerprint density at radius 3 is 2.07 bits per heavy atom. The first-order valence-electron chi connectivity index (χ1n) is 14.2. The summed E-state index contributed by atoms with van der Waals surface area (Å²) in [4.78, 5) is 39.6. The van der Waals surface area contributed by atoms with E-state index in [9.17, 15) is 19.5 Å². The highest BCUT2D eigenvalue weighted by Gasteiger charge is 2.28. The topological polar surface area (TPSA) is 105 Å². The van der Waals surface area contributed by atoms with Crippen LogP contribution in [-0.4, -0.2) is 42.1 Å². The molecule has 214 valence electrons. The average Bonchev–Trinajstić information content (AvgIpc) is 3.00. The van der Waals surface area contributed by atoms with Crippen molar-refractivity contribution >= 4 is 17.8 Å². The minimum atomic E-state index is -0.659. The van der Waals surface area contributed by atoms with Crippen molar-refractivity contribution in [2.24, 2.45) is 11.8 Å². The van der Waals surface area contributed by atoms with E-state index in [1.165, 1.54) is 0 Å². The molecular formula is C34H38N2O5. The third-order valence-corrected chi connectivity index (χ3v) is 7.27. The molecule has 4 atom stereocenters. The highest BCUT2D eigenvalue weighted by molar-refractivity contribution is 5.86. The maximum absolute atomic E-state index is 13.3. The highest BCUT2D eigenvalue weighted by Crippen LogP contribution is 2.24. The normalized spacial score (nSPS) is 20.6. The van der Waals surface area contributed by atoms with Crippen LogP contribution in [0.15, 0.2) is 103 Å². The molecule has 0 saturated carbocycles. The van der Waals surface area contributed by atoms with Crippen molar-refractivity contribution in [2.75, 3.05) is 13.2 Å². The Morgan fingerprint density at radius 1 is 0.854 bits per heavy atom. The SMILES string of the molecule is O=C(C[C@H]1CC=CC[C@@H](Cc2ccccc2)C(=O)O[C@@H](c2ccccc2)CNC1=O)N[C@@H](CO)Cc1ccccc1. The van der Waals surface area contributed by atoms with E-state index in [4.69, 9.17) is 4.74 Å². The van der Waals surface area contributed by atoms with Crippen molar-refractivity contribution in [3.63, 3.8) is 0 Å². The molecule has 0 aromatic heterocycles. The molecule has 0 fully saturated rings. The zero-order valence-electron chi connectivity index (χ0n) is 23.2. The van der Waals surface area contributed by atoms with Gasteiger partial charge in [0.05, 0.1) is 31.0 Å². The number of hydrogen-bond donors (Lipinski definition) is 3. The van der Waals surface area contributed by atoms with Crippen molar-refractivity contribution in [3.8, 4) is 0 Å². The Bertz CT molecular complexity index is 1280.